The van der Waals surface area contributed by atoms with E-state index >= 15 is 0 Å². The standard InChI is InChI=1S/C16H21N5O2/c1-11-6-5-7-13(8-11)21-12(2)14(9-18-21)19-16(23)17-10-15(22)20(3)4/h5-9H,10H2,1-4H3,(H2,17,19,23). The Hall–Kier alpha value is -2.83. The Labute approximate surface area is 135 Å². The molecular weight excluding hydrogens is 294 g/mol. The van der Waals surface area contributed by atoms with E-state index < -0.39 is 6.03 Å². The highest BCUT2D eigenvalue weighted by molar-refractivity contribution is 5.92. The highest BCUT2D eigenvalue weighted by atomic mass is 16.2. The van der Waals surface area contributed by atoms with Gasteiger partial charge in [0.2, 0.25) is 5.91 Å². The Morgan fingerprint density at radius 2 is 2.00 bits per heavy atom. The fourth-order valence-electron chi connectivity index (χ4n) is 2.03. The average Bonchev–Trinajstić information content (AvgIpc) is 2.85. The monoisotopic (exact) mass is 315 g/mol. The molecule has 0 spiro atoms. The molecule has 0 aliphatic heterocycles. The van der Waals surface area contributed by atoms with Crippen molar-refractivity contribution in [3.05, 3.63) is 41.7 Å². The zero-order chi connectivity index (χ0) is 17.0. The number of carbonyl (C=O) groups is 2. The van der Waals surface area contributed by atoms with Crippen LogP contribution in [0, 0.1) is 13.8 Å². The van der Waals surface area contributed by atoms with Gasteiger partial charge in [0.25, 0.3) is 0 Å². The predicted molar refractivity (Wildman–Crippen MR) is 88.8 cm³/mol. The summed E-state index contributed by atoms with van der Waals surface area (Å²) in [6, 6.07) is 7.49. The molecule has 0 fully saturated rings. The summed E-state index contributed by atoms with van der Waals surface area (Å²) < 4.78 is 1.76. The van der Waals surface area contributed by atoms with Crippen molar-refractivity contribution in [2.75, 3.05) is 26.0 Å². The molecule has 0 radical (unpaired) electrons. The third-order valence-corrected chi connectivity index (χ3v) is 3.40. The predicted octanol–water partition coefficient (Wildman–Crippen LogP) is 1.70. The summed E-state index contributed by atoms with van der Waals surface area (Å²) in [5.41, 5.74) is 3.47. The summed E-state index contributed by atoms with van der Waals surface area (Å²) >= 11 is 0. The van der Waals surface area contributed by atoms with E-state index in [1.165, 1.54) is 4.90 Å². The highest BCUT2D eigenvalue weighted by Gasteiger charge is 2.12. The zero-order valence-electron chi connectivity index (χ0n) is 13.8. The number of benzene rings is 1. The number of nitrogens with zero attached hydrogens (tertiary/aromatic N) is 3. The molecule has 7 heteroatoms. The molecule has 7 nitrogen and oxygen atoms in total. The lowest BCUT2D eigenvalue weighted by molar-refractivity contribution is -0.127. The lowest BCUT2D eigenvalue weighted by Gasteiger charge is -2.11. The van der Waals surface area contributed by atoms with Crippen LogP contribution in [0.15, 0.2) is 30.5 Å². The normalized spacial score (nSPS) is 10.3. The van der Waals surface area contributed by atoms with Gasteiger partial charge in [-0.15, -0.1) is 0 Å². The van der Waals surface area contributed by atoms with Gasteiger partial charge in [0.1, 0.15) is 0 Å². The van der Waals surface area contributed by atoms with Crippen LogP contribution in [0.2, 0.25) is 0 Å². The number of amides is 3. The van der Waals surface area contributed by atoms with Crippen LogP contribution in [0.5, 0.6) is 0 Å². The van der Waals surface area contributed by atoms with Gasteiger partial charge < -0.3 is 15.5 Å². The smallest absolute Gasteiger partial charge is 0.319 e. The first-order valence-electron chi connectivity index (χ1n) is 7.25. The third-order valence-electron chi connectivity index (χ3n) is 3.40. The van der Waals surface area contributed by atoms with E-state index in [0.29, 0.717) is 5.69 Å². The molecule has 0 aliphatic carbocycles. The second-order valence-electron chi connectivity index (χ2n) is 5.49. The number of carbonyl (C=O) groups excluding carboxylic acids is 2. The number of aromatic nitrogens is 2. The summed E-state index contributed by atoms with van der Waals surface area (Å²) in [7, 11) is 3.27. The quantitative estimate of drug-likeness (QED) is 0.901. The molecule has 2 rings (SSSR count). The van der Waals surface area contributed by atoms with Gasteiger partial charge in [0.15, 0.2) is 0 Å². The van der Waals surface area contributed by atoms with Crippen LogP contribution in [0.3, 0.4) is 0 Å². The molecule has 0 unspecified atom stereocenters. The Morgan fingerprint density at radius 3 is 2.65 bits per heavy atom. The van der Waals surface area contributed by atoms with Crippen molar-refractivity contribution in [2.24, 2.45) is 0 Å². The maximum atomic E-state index is 11.9. The van der Waals surface area contributed by atoms with Crippen molar-refractivity contribution in [3.63, 3.8) is 0 Å². The SMILES string of the molecule is Cc1cccc(-n2ncc(NC(=O)NCC(=O)N(C)C)c2C)c1. The van der Waals surface area contributed by atoms with Crippen molar-refractivity contribution in [1.82, 2.24) is 20.0 Å². The molecule has 2 aromatic rings. The number of anilines is 1. The van der Waals surface area contributed by atoms with Crippen LogP contribution in [0.1, 0.15) is 11.3 Å². The summed E-state index contributed by atoms with van der Waals surface area (Å²) in [5, 5.41) is 9.53. The van der Waals surface area contributed by atoms with Crippen LogP contribution in [-0.4, -0.2) is 47.3 Å². The second kappa shape index (κ2) is 6.95. The largest absolute Gasteiger partial charge is 0.347 e. The molecule has 0 atom stereocenters. The minimum Gasteiger partial charge on any atom is -0.347 e. The van der Waals surface area contributed by atoms with E-state index in [2.05, 4.69) is 15.7 Å². The number of hydrogen-bond acceptors (Lipinski definition) is 3. The van der Waals surface area contributed by atoms with E-state index in [9.17, 15) is 9.59 Å². The maximum absolute atomic E-state index is 11.9. The highest BCUT2D eigenvalue weighted by Crippen LogP contribution is 2.18. The van der Waals surface area contributed by atoms with Crippen molar-refractivity contribution < 1.29 is 9.59 Å². The first-order valence-corrected chi connectivity index (χ1v) is 7.25. The van der Waals surface area contributed by atoms with Crippen LogP contribution in [-0.2, 0) is 4.79 Å². The van der Waals surface area contributed by atoms with Gasteiger partial charge >= 0.3 is 6.03 Å². The molecule has 122 valence electrons. The number of aryl methyl sites for hydroxylation is 1. The average molecular weight is 315 g/mol. The number of urea groups is 1. The minimum absolute atomic E-state index is 0.0517. The first-order chi connectivity index (χ1) is 10.9. The fourth-order valence-corrected chi connectivity index (χ4v) is 2.03. The van der Waals surface area contributed by atoms with Crippen molar-refractivity contribution in [2.45, 2.75) is 13.8 Å². The molecule has 2 N–H and O–H groups in total. The molecule has 0 saturated heterocycles. The van der Waals surface area contributed by atoms with Gasteiger partial charge in [-0.2, -0.15) is 5.10 Å². The first kappa shape index (κ1) is 16.5. The van der Waals surface area contributed by atoms with E-state index in [-0.39, 0.29) is 12.5 Å². The topological polar surface area (TPSA) is 79.3 Å². The molecule has 3 amide bonds. The van der Waals surface area contributed by atoms with E-state index in [4.69, 9.17) is 0 Å². The van der Waals surface area contributed by atoms with E-state index in [1.807, 2.05) is 38.1 Å². The van der Waals surface area contributed by atoms with Crippen molar-refractivity contribution >= 4 is 17.6 Å². The molecule has 1 heterocycles. The fraction of sp³-hybridized carbons (Fsp3) is 0.312. The summed E-state index contributed by atoms with van der Waals surface area (Å²) in [6.07, 6.45) is 1.59. The Bertz CT molecular complexity index is 721. The molecule has 0 bridgehead atoms. The number of rotatable bonds is 4. The van der Waals surface area contributed by atoms with Gasteiger partial charge in [-0.1, -0.05) is 12.1 Å². The van der Waals surface area contributed by atoms with Gasteiger partial charge in [-0.3, -0.25) is 4.79 Å². The number of nitrogens with one attached hydrogen (secondary N) is 2. The lowest BCUT2D eigenvalue weighted by Crippen LogP contribution is -2.38. The lowest BCUT2D eigenvalue weighted by atomic mass is 10.2. The molecular formula is C16H21N5O2. The van der Waals surface area contributed by atoms with Crippen molar-refractivity contribution in [3.8, 4) is 5.69 Å². The maximum Gasteiger partial charge on any atom is 0.319 e. The summed E-state index contributed by atoms with van der Waals surface area (Å²) in [5.74, 6) is -0.174. The second-order valence-corrected chi connectivity index (χ2v) is 5.49. The zero-order valence-corrected chi connectivity index (χ0v) is 13.8. The van der Waals surface area contributed by atoms with Crippen LogP contribution in [0.4, 0.5) is 10.5 Å². The molecule has 23 heavy (non-hydrogen) atoms. The van der Waals surface area contributed by atoms with Crippen LogP contribution >= 0.6 is 0 Å². The minimum atomic E-state index is -0.438. The number of hydrogen-bond donors (Lipinski definition) is 2. The van der Waals surface area contributed by atoms with Gasteiger partial charge in [0, 0.05) is 14.1 Å². The van der Waals surface area contributed by atoms with E-state index in [1.54, 1.807) is 25.0 Å². The Morgan fingerprint density at radius 1 is 1.26 bits per heavy atom. The summed E-state index contributed by atoms with van der Waals surface area (Å²) in [4.78, 5) is 24.7. The third kappa shape index (κ3) is 4.09. The molecule has 0 aliphatic rings. The van der Waals surface area contributed by atoms with Crippen molar-refractivity contribution in [1.29, 1.82) is 0 Å². The van der Waals surface area contributed by atoms with Gasteiger partial charge in [-0.25, -0.2) is 9.48 Å². The Balaban J connectivity index is 2.05. The van der Waals surface area contributed by atoms with Crippen LogP contribution < -0.4 is 10.6 Å². The summed E-state index contributed by atoms with van der Waals surface area (Å²) in [6.45, 7) is 3.83. The van der Waals surface area contributed by atoms with Crippen LogP contribution in [0.25, 0.3) is 5.69 Å². The van der Waals surface area contributed by atoms with Gasteiger partial charge in [-0.05, 0) is 31.5 Å². The number of likely N-dealkylation sites (N-methyl/N-ethyl adjacent to an activating group) is 1. The molecule has 1 aromatic carbocycles. The molecule has 0 saturated carbocycles. The molecule has 1 aromatic heterocycles. The van der Waals surface area contributed by atoms with Gasteiger partial charge in [0.05, 0.1) is 29.8 Å². The van der Waals surface area contributed by atoms with E-state index in [0.717, 1.165) is 16.9 Å². The Kier molecular flexibility index (Phi) is 5.00.